The zero-order valence-corrected chi connectivity index (χ0v) is 16.2. The van der Waals surface area contributed by atoms with Gasteiger partial charge in [-0.15, -0.1) is 12.4 Å². The molecule has 4 atom stereocenters. The molecular formula is C22H25ClN2O2. The molecule has 3 fully saturated rings. The van der Waals surface area contributed by atoms with E-state index in [0.29, 0.717) is 12.1 Å². The summed E-state index contributed by atoms with van der Waals surface area (Å²) in [5, 5.41) is 2.97. The molecular weight excluding hydrogens is 360 g/mol. The fraction of sp³-hybridized carbons (Fsp3) is 0.409. The van der Waals surface area contributed by atoms with E-state index < -0.39 is 0 Å². The van der Waals surface area contributed by atoms with Gasteiger partial charge in [0, 0.05) is 30.5 Å². The Morgan fingerprint density at radius 3 is 2.30 bits per heavy atom. The molecule has 4 unspecified atom stereocenters. The van der Waals surface area contributed by atoms with E-state index in [2.05, 4.69) is 17.3 Å². The Labute approximate surface area is 166 Å². The van der Waals surface area contributed by atoms with Gasteiger partial charge in [-0.1, -0.05) is 48.5 Å². The van der Waals surface area contributed by atoms with E-state index in [0.717, 1.165) is 41.5 Å². The minimum atomic E-state index is -0.337. The number of halogens is 1. The average molecular weight is 385 g/mol. The van der Waals surface area contributed by atoms with Crippen LogP contribution >= 0.6 is 12.4 Å². The van der Waals surface area contributed by atoms with Crippen LogP contribution in [0.5, 0.6) is 0 Å². The zero-order valence-electron chi connectivity index (χ0n) is 15.4. The van der Waals surface area contributed by atoms with Crippen LogP contribution in [0, 0.1) is 11.8 Å². The molecule has 1 aliphatic carbocycles. The summed E-state index contributed by atoms with van der Waals surface area (Å²) >= 11 is 0. The maximum Gasteiger partial charge on any atom is 0.411 e. The summed E-state index contributed by atoms with van der Waals surface area (Å²) in [5.74, 6) is 1.70. The van der Waals surface area contributed by atoms with Gasteiger partial charge in [0.15, 0.2) is 0 Å². The van der Waals surface area contributed by atoms with Gasteiger partial charge in [-0.05, 0) is 36.9 Å². The van der Waals surface area contributed by atoms with Crippen LogP contribution in [0.15, 0.2) is 54.6 Å². The van der Waals surface area contributed by atoms with Crippen molar-refractivity contribution in [2.24, 2.45) is 11.8 Å². The van der Waals surface area contributed by atoms with E-state index in [-0.39, 0.29) is 24.6 Å². The molecule has 1 amide bonds. The molecule has 2 aromatic rings. The molecule has 2 bridgehead atoms. The van der Waals surface area contributed by atoms with Crippen LogP contribution in [0.1, 0.15) is 19.3 Å². The number of ether oxygens (including phenoxy) is 1. The maximum atomic E-state index is 12.5. The van der Waals surface area contributed by atoms with Gasteiger partial charge >= 0.3 is 6.09 Å². The SMILES string of the molecule is CN1C2CC(OC(=O)Nc3ccccc3-c3ccccc3)CC1C1CC12.Cl. The van der Waals surface area contributed by atoms with Gasteiger partial charge in [-0.3, -0.25) is 10.2 Å². The van der Waals surface area contributed by atoms with Crippen LogP contribution in [0.25, 0.3) is 11.1 Å². The highest BCUT2D eigenvalue weighted by molar-refractivity contribution is 5.91. The Morgan fingerprint density at radius 1 is 0.963 bits per heavy atom. The minimum Gasteiger partial charge on any atom is -0.446 e. The van der Waals surface area contributed by atoms with Gasteiger partial charge < -0.3 is 4.74 Å². The highest BCUT2D eigenvalue weighted by Gasteiger charge is 2.60. The van der Waals surface area contributed by atoms with E-state index in [9.17, 15) is 4.79 Å². The van der Waals surface area contributed by atoms with E-state index in [1.165, 1.54) is 6.42 Å². The molecule has 2 aliphatic heterocycles. The van der Waals surface area contributed by atoms with Gasteiger partial charge in [-0.25, -0.2) is 4.79 Å². The molecule has 2 heterocycles. The second-order valence-corrected chi connectivity index (χ2v) is 7.90. The van der Waals surface area contributed by atoms with Gasteiger partial charge in [-0.2, -0.15) is 0 Å². The number of carbonyl (C=O) groups is 1. The molecule has 5 rings (SSSR count). The molecule has 2 aromatic carbocycles. The van der Waals surface area contributed by atoms with Gasteiger partial charge in [0.2, 0.25) is 0 Å². The second-order valence-electron chi connectivity index (χ2n) is 7.90. The monoisotopic (exact) mass is 384 g/mol. The van der Waals surface area contributed by atoms with E-state index in [1.807, 2.05) is 54.6 Å². The van der Waals surface area contributed by atoms with Crippen molar-refractivity contribution in [1.29, 1.82) is 0 Å². The molecule has 0 radical (unpaired) electrons. The quantitative estimate of drug-likeness (QED) is 0.826. The van der Waals surface area contributed by atoms with Crippen molar-refractivity contribution in [2.45, 2.75) is 37.5 Å². The first-order valence-electron chi connectivity index (χ1n) is 9.55. The minimum absolute atomic E-state index is 0. The number of rotatable bonds is 3. The van der Waals surface area contributed by atoms with Gasteiger partial charge in [0.05, 0.1) is 5.69 Å². The van der Waals surface area contributed by atoms with Crippen molar-refractivity contribution in [1.82, 2.24) is 4.90 Å². The van der Waals surface area contributed by atoms with Crippen LogP contribution in [0.3, 0.4) is 0 Å². The van der Waals surface area contributed by atoms with Crippen LogP contribution < -0.4 is 5.32 Å². The fourth-order valence-electron chi connectivity index (χ4n) is 5.14. The molecule has 27 heavy (non-hydrogen) atoms. The Kier molecular flexibility index (Phi) is 4.87. The lowest BCUT2D eigenvalue weighted by Gasteiger charge is -2.38. The third-order valence-electron chi connectivity index (χ3n) is 6.46. The fourth-order valence-corrected chi connectivity index (χ4v) is 5.14. The summed E-state index contributed by atoms with van der Waals surface area (Å²) in [6.07, 6.45) is 3.03. The molecule has 2 saturated heterocycles. The number of benzene rings is 2. The first-order valence-corrected chi connectivity index (χ1v) is 9.55. The smallest absolute Gasteiger partial charge is 0.411 e. The number of para-hydroxylation sites is 1. The summed E-state index contributed by atoms with van der Waals surface area (Å²) < 4.78 is 5.81. The second kappa shape index (κ2) is 7.17. The molecule has 142 valence electrons. The van der Waals surface area contributed by atoms with Crippen molar-refractivity contribution >= 4 is 24.2 Å². The van der Waals surface area contributed by atoms with E-state index in [1.54, 1.807) is 0 Å². The van der Waals surface area contributed by atoms with Gasteiger partial charge in [0.1, 0.15) is 6.10 Å². The summed E-state index contributed by atoms with van der Waals surface area (Å²) in [5.41, 5.74) is 2.89. The van der Waals surface area contributed by atoms with Crippen molar-refractivity contribution < 1.29 is 9.53 Å². The first kappa shape index (κ1) is 18.3. The van der Waals surface area contributed by atoms with Gasteiger partial charge in [0.25, 0.3) is 0 Å². The Morgan fingerprint density at radius 2 is 1.59 bits per heavy atom. The molecule has 3 aliphatic rings. The first-order chi connectivity index (χ1) is 12.7. The van der Waals surface area contributed by atoms with Crippen LogP contribution in [0.2, 0.25) is 0 Å². The normalized spacial score (nSPS) is 30.8. The zero-order chi connectivity index (χ0) is 17.7. The summed E-state index contributed by atoms with van der Waals surface area (Å²) in [6, 6.07) is 19.2. The summed E-state index contributed by atoms with van der Waals surface area (Å²) in [4.78, 5) is 15.0. The number of hydrogen-bond donors (Lipinski definition) is 1. The Balaban J connectivity index is 0.00000180. The lowest BCUT2D eigenvalue weighted by Crippen LogP contribution is -2.46. The van der Waals surface area contributed by atoms with Crippen LogP contribution in [0.4, 0.5) is 10.5 Å². The third kappa shape index (κ3) is 3.32. The van der Waals surface area contributed by atoms with E-state index >= 15 is 0 Å². The average Bonchev–Trinajstić information content (AvgIpc) is 3.41. The Bertz CT molecular complexity index is 810. The largest absolute Gasteiger partial charge is 0.446 e. The molecule has 5 heteroatoms. The number of nitrogens with zero attached hydrogens (tertiary/aromatic N) is 1. The highest BCUT2D eigenvalue weighted by atomic mass is 35.5. The molecule has 0 spiro atoms. The number of carbonyl (C=O) groups excluding carboxylic acids is 1. The number of piperidine rings is 2. The van der Waals surface area contributed by atoms with Crippen molar-refractivity contribution in [2.75, 3.05) is 12.4 Å². The highest BCUT2D eigenvalue weighted by Crippen LogP contribution is 2.58. The Hall–Kier alpha value is -2.04. The number of fused-ring (bicyclic) bond motifs is 5. The number of hydrogen-bond acceptors (Lipinski definition) is 3. The van der Waals surface area contributed by atoms with Crippen molar-refractivity contribution in [3.8, 4) is 11.1 Å². The number of amides is 1. The summed E-state index contributed by atoms with van der Waals surface area (Å²) in [6.45, 7) is 0. The standard InChI is InChI=1S/C22H24N2O2.ClH/c1-24-20-11-15(12-21(24)18-13-17(18)20)26-22(25)23-19-10-6-5-9-16(19)14-7-3-2-4-8-14;/h2-10,15,17-18,20-21H,11-13H2,1H3,(H,23,25);1H. The number of anilines is 1. The lowest BCUT2D eigenvalue weighted by molar-refractivity contribution is 0.0208. The topological polar surface area (TPSA) is 41.6 Å². The van der Waals surface area contributed by atoms with Crippen molar-refractivity contribution in [3.63, 3.8) is 0 Å². The molecule has 1 N–H and O–H groups in total. The maximum absolute atomic E-state index is 12.5. The molecule has 0 aromatic heterocycles. The predicted octanol–water partition coefficient (Wildman–Crippen LogP) is 4.81. The lowest BCUT2D eigenvalue weighted by atomic mass is 9.96. The van der Waals surface area contributed by atoms with Crippen LogP contribution in [-0.4, -0.2) is 36.2 Å². The third-order valence-corrected chi connectivity index (χ3v) is 6.46. The predicted molar refractivity (Wildman–Crippen MR) is 109 cm³/mol. The number of nitrogens with one attached hydrogen (secondary N) is 1. The molecule has 4 nitrogen and oxygen atoms in total. The van der Waals surface area contributed by atoms with Crippen molar-refractivity contribution in [3.05, 3.63) is 54.6 Å². The summed E-state index contributed by atoms with van der Waals surface area (Å²) in [7, 11) is 2.23. The van der Waals surface area contributed by atoms with Crippen LogP contribution in [-0.2, 0) is 4.74 Å². The molecule has 1 saturated carbocycles. The van der Waals surface area contributed by atoms with E-state index in [4.69, 9.17) is 4.74 Å².